The second kappa shape index (κ2) is 10.3. The summed E-state index contributed by atoms with van der Waals surface area (Å²) in [7, 11) is -3.68. The van der Waals surface area contributed by atoms with Gasteiger partial charge in [-0.1, -0.05) is 6.08 Å². The third-order valence-corrected chi connectivity index (χ3v) is 7.84. The molecule has 1 aromatic heterocycles. The summed E-state index contributed by atoms with van der Waals surface area (Å²) >= 11 is 0. The van der Waals surface area contributed by atoms with Crippen LogP contribution in [0.2, 0.25) is 0 Å². The molecule has 1 aliphatic heterocycles. The maximum absolute atomic E-state index is 12.5. The van der Waals surface area contributed by atoms with Crippen molar-refractivity contribution in [3.63, 3.8) is 0 Å². The second-order valence-corrected chi connectivity index (χ2v) is 10.5. The van der Waals surface area contributed by atoms with Gasteiger partial charge in [0.1, 0.15) is 29.5 Å². The number of hydrogen-bond donors (Lipinski definition) is 5. The third kappa shape index (κ3) is 4.91. The van der Waals surface area contributed by atoms with Crippen LogP contribution in [-0.2, 0) is 37.5 Å². The molecule has 5 N–H and O–H groups in total. The number of amides is 1. The molecule has 1 unspecified atom stereocenters. The first kappa shape index (κ1) is 28.0. The average molecular weight is 559 g/mol. The van der Waals surface area contributed by atoms with Crippen LogP contribution in [0.25, 0.3) is 0 Å². The molecule has 38 heavy (non-hydrogen) atoms. The number of ether oxygens (including phenoxy) is 2. The van der Waals surface area contributed by atoms with Gasteiger partial charge in [-0.15, -0.1) is 0 Å². The molecule has 16 nitrogen and oxygen atoms in total. The number of methoxy groups -OCH3 is 1. The molecule has 2 heterocycles. The van der Waals surface area contributed by atoms with Gasteiger partial charge in [-0.2, -0.15) is 4.98 Å². The van der Waals surface area contributed by atoms with Crippen molar-refractivity contribution in [2.24, 2.45) is 17.3 Å². The number of aliphatic hydroxyl groups excluding tert-OH is 2. The van der Waals surface area contributed by atoms with Crippen LogP contribution < -0.4 is 11.0 Å². The first-order chi connectivity index (χ1) is 17.8. The number of fused-ring (bicyclic) bond motifs is 1. The van der Waals surface area contributed by atoms with Gasteiger partial charge in [0.25, 0.3) is 0 Å². The summed E-state index contributed by atoms with van der Waals surface area (Å²) in [6.45, 7) is 0.00376. The van der Waals surface area contributed by atoms with Crippen LogP contribution in [0, 0.1) is 17.3 Å². The summed E-state index contributed by atoms with van der Waals surface area (Å²) < 4.78 is 33.4. The van der Waals surface area contributed by atoms with Gasteiger partial charge in [-0.05, 0) is 18.4 Å². The predicted molar refractivity (Wildman–Crippen MR) is 122 cm³/mol. The molecule has 3 aliphatic rings. The lowest BCUT2D eigenvalue weighted by Gasteiger charge is -2.19. The van der Waals surface area contributed by atoms with Crippen molar-refractivity contribution in [3.8, 4) is 0 Å². The van der Waals surface area contributed by atoms with Gasteiger partial charge in [-0.25, -0.2) is 14.2 Å². The minimum Gasteiger partial charge on any atom is -0.478 e. The second-order valence-electron chi connectivity index (χ2n) is 9.02. The number of anilines is 1. The number of aromatic nitrogens is 2. The van der Waals surface area contributed by atoms with E-state index in [1.165, 1.54) is 25.3 Å². The van der Waals surface area contributed by atoms with Gasteiger partial charge in [-0.3, -0.25) is 23.2 Å². The van der Waals surface area contributed by atoms with Gasteiger partial charge < -0.3 is 35.0 Å². The normalized spacial score (nSPS) is 33.1. The lowest BCUT2D eigenvalue weighted by atomic mass is 9.94. The van der Waals surface area contributed by atoms with E-state index in [1.54, 1.807) is 0 Å². The predicted octanol–water partition coefficient (Wildman–Crippen LogP) is -1.23. The number of aliphatic carboxylic acids is 1. The van der Waals surface area contributed by atoms with Crippen LogP contribution in [0.5, 0.6) is 0 Å². The molecule has 1 aromatic rings. The summed E-state index contributed by atoms with van der Waals surface area (Å²) in [4.78, 5) is 61.1. The van der Waals surface area contributed by atoms with Crippen LogP contribution in [0.3, 0.4) is 0 Å². The maximum Gasteiger partial charge on any atom is 0.472 e. The largest absolute Gasteiger partial charge is 0.478 e. The Labute approximate surface area is 214 Å². The Morgan fingerprint density at radius 2 is 1.95 bits per heavy atom. The number of hydrogen-bond acceptors (Lipinski definition) is 12. The van der Waals surface area contributed by atoms with Crippen molar-refractivity contribution in [1.82, 2.24) is 9.55 Å². The number of nitrogens with zero attached hydrogens (tertiary/aromatic N) is 2. The van der Waals surface area contributed by atoms with E-state index < -0.39 is 86.4 Å². The van der Waals surface area contributed by atoms with Gasteiger partial charge in [0.2, 0.25) is 5.91 Å². The van der Waals surface area contributed by atoms with E-state index in [2.05, 4.69) is 10.3 Å². The minimum atomic E-state index is -4.79. The van der Waals surface area contributed by atoms with Crippen LogP contribution in [0.1, 0.15) is 19.6 Å². The Hall–Kier alpha value is -2.98. The number of rotatable bonds is 10. The fourth-order valence-electron chi connectivity index (χ4n) is 5.13. The minimum absolute atomic E-state index is 0.0372. The standard InChI is InChI=1S/C21H26N3O13P/c1-9(25)22-14-5-6-24(20(31)23-14)17-16(27)15(26)13(37-17)8-36-38(32,33)35-7-12-10-3-4-11(18(28)29)21(10,12)19(30)34-2/h4-6,10,12-13,15-17,26-27H,3,7-8H2,1-2H3,(H,28,29)(H,32,33)(H,22,23,25,31)/t10-,12+,13+,15+,16+,17+,21-/m0/s1. The zero-order chi connectivity index (χ0) is 28.0. The fourth-order valence-corrected chi connectivity index (χ4v) is 5.89. The smallest absolute Gasteiger partial charge is 0.472 e. The van der Waals surface area contributed by atoms with Crippen LogP contribution in [-0.4, -0.2) is 86.2 Å². The number of carboxylic acid groups (broad SMARTS) is 1. The molecule has 0 spiro atoms. The molecule has 0 aromatic carbocycles. The molecule has 4 rings (SSSR count). The molecular formula is C21H26N3O13P. The van der Waals surface area contributed by atoms with Crippen molar-refractivity contribution in [2.75, 3.05) is 25.6 Å². The lowest BCUT2D eigenvalue weighted by Crippen LogP contribution is -2.36. The highest BCUT2D eigenvalue weighted by Crippen LogP contribution is 2.70. The lowest BCUT2D eigenvalue weighted by molar-refractivity contribution is -0.149. The number of carbonyl (C=O) groups excluding carboxylic acids is 2. The maximum atomic E-state index is 12.5. The van der Waals surface area contributed by atoms with E-state index in [0.717, 1.165) is 11.7 Å². The van der Waals surface area contributed by atoms with Crippen LogP contribution in [0.4, 0.5) is 5.82 Å². The zero-order valence-electron chi connectivity index (χ0n) is 20.1. The Bertz CT molecular complexity index is 1280. The van der Waals surface area contributed by atoms with E-state index in [1.807, 2.05) is 0 Å². The number of phosphoric ester groups is 1. The molecule has 1 amide bonds. The topological polar surface area (TPSA) is 233 Å². The summed E-state index contributed by atoms with van der Waals surface area (Å²) in [5.41, 5.74) is -2.54. The molecule has 8 atom stereocenters. The van der Waals surface area contributed by atoms with Crippen molar-refractivity contribution in [1.29, 1.82) is 0 Å². The van der Waals surface area contributed by atoms with Crippen molar-refractivity contribution in [2.45, 2.75) is 37.9 Å². The summed E-state index contributed by atoms with van der Waals surface area (Å²) in [6.07, 6.45) is -3.21. The highest BCUT2D eigenvalue weighted by atomic mass is 31.2. The first-order valence-corrected chi connectivity index (χ1v) is 12.9. The highest BCUT2D eigenvalue weighted by Gasteiger charge is 2.75. The highest BCUT2D eigenvalue weighted by molar-refractivity contribution is 7.47. The molecule has 1 saturated heterocycles. The van der Waals surface area contributed by atoms with Gasteiger partial charge in [0, 0.05) is 19.0 Å². The van der Waals surface area contributed by atoms with Gasteiger partial charge >= 0.3 is 25.5 Å². The van der Waals surface area contributed by atoms with Crippen LogP contribution >= 0.6 is 7.82 Å². The molecule has 208 valence electrons. The molecule has 2 aliphatic carbocycles. The molecule has 1 saturated carbocycles. The summed E-state index contributed by atoms with van der Waals surface area (Å²) in [5, 5.41) is 32.4. The van der Waals surface area contributed by atoms with E-state index in [-0.39, 0.29) is 17.8 Å². The Balaban J connectivity index is 1.36. The summed E-state index contributed by atoms with van der Waals surface area (Å²) in [6, 6.07) is 1.27. The number of nitrogens with one attached hydrogen (secondary N) is 1. The molecular weight excluding hydrogens is 533 g/mol. The van der Waals surface area contributed by atoms with Crippen molar-refractivity contribution < 1.29 is 57.7 Å². The molecule has 2 fully saturated rings. The number of phosphoric acid groups is 1. The number of allylic oxidation sites excluding steroid dienone is 1. The zero-order valence-corrected chi connectivity index (χ0v) is 21.0. The summed E-state index contributed by atoms with van der Waals surface area (Å²) in [5.74, 6) is -3.78. The third-order valence-electron chi connectivity index (χ3n) is 6.89. The fraction of sp³-hybridized carbons (Fsp3) is 0.571. The average Bonchev–Trinajstić information content (AvgIpc) is 3.13. The number of esters is 1. The molecule has 0 radical (unpaired) electrons. The van der Waals surface area contributed by atoms with Crippen molar-refractivity contribution in [3.05, 3.63) is 34.4 Å². The van der Waals surface area contributed by atoms with E-state index in [4.69, 9.17) is 18.5 Å². The monoisotopic (exact) mass is 559 g/mol. The Kier molecular flexibility index (Phi) is 7.60. The molecule has 0 bridgehead atoms. The van der Waals surface area contributed by atoms with E-state index >= 15 is 0 Å². The first-order valence-electron chi connectivity index (χ1n) is 11.4. The number of aliphatic hydroxyl groups is 2. The molecule has 17 heteroatoms. The van der Waals surface area contributed by atoms with E-state index in [0.29, 0.717) is 0 Å². The van der Waals surface area contributed by atoms with E-state index in [9.17, 15) is 44.0 Å². The quantitative estimate of drug-likeness (QED) is 0.167. The number of carbonyl (C=O) groups is 3. The van der Waals surface area contributed by atoms with Crippen molar-refractivity contribution >= 4 is 31.5 Å². The van der Waals surface area contributed by atoms with Gasteiger partial charge in [0.15, 0.2) is 6.23 Å². The van der Waals surface area contributed by atoms with Gasteiger partial charge in [0.05, 0.1) is 25.9 Å². The van der Waals surface area contributed by atoms with Crippen LogP contribution in [0.15, 0.2) is 28.7 Å². The SMILES string of the molecule is COC(=O)[C@]12C(C(=O)O)=CC[C@H]1[C@H]2COP(=O)(O)OC[C@H]1O[C@@H](n2ccc(NC(C)=O)nc2=O)[C@H](O)[C@@H]1O. The Morgan fingerprint density at radius 1 is 1.26 bits per heavy atom. The Morgan fingerprint density at radius 3 is 2.55 bits per heavy atom. The number of carboxylic acids is 1.